The number of nitrogens with two attached hydrogens (primary N) is 1. The molecular formula is C26H31FN8O2S. The van der Waals surface area contributed by atoms with Crippen molar-refractivity contribution in [3.05, 3.63) is 71.2 Å². The number of nitrogens with one attached hydrogen (secondary N) is 3. The van der Waals surface area contributed by atoms with E-state index in [0.717, 1.165) is 37.3 Å². The predicted molar refractivity (Wildman–Crippen MR) is 149 cm³/mol. The summed E-state index contributed by atoms with van der Waals surface area (Å²) in [4.78, 5) is 12.2. The molecule has 3 aromatic rings. The number of nitrogens with zero attached hydrogens (tertiary/aromatic N) is 4. The van der Waals surface area contributed by atoms with Crippen LogP contribution in [0.1, 0.15) is 16.7 Å². The molecule has 0 saturated carbocycles. The van der Waals surface area contributed by atoms with Gasteiger partial charge in [0.25, 0.3) is 0 Å². The molecule has 38 heavy (non-hydrogen) atoms. The van der Waals surface area contributed by atoms with Crippen molar-refractivity contribution in [3.8, 4) is 0 Å². The van der Waals surface area contributed by atoms with Crippen LogP contribution in [0.15, 0.2) is 53.7 Å². The predicted octanol–water partition coefficient (Wildman–Crippen LogP) is 2.28. The number of para-hydroxylation sites is 1. The number of aromatic nitrogens is 1. The van der Waals surface area contributed by atoms with Gasteiger partial charge in [0.15, 0.2) is 0 Å². The molecule has 4 heterocycles. The molecular weight excluding hydrogens is 507 g/mol. The molecule has 0 spiro atoms. The van der Waals surface area contributed by atoms with Gasteiger partial charge >= 0.3 is 0 Å². The average molecular weight is 539 g/mol. The SMILES string of the molecule is CN1CCN(c2ccc(C3(N)N=C(Nc4cccc5c4N(S(C)(=O)=O)CC5)c4cc[nH]c4N3)cc2F)CC1. The summed E-state index contributed by atoms with van der Waals surface area (Å²) in [6.07, 6.45) is 3.59. The summed E-state index contributed by atoms with van der Waals surface area (Å²) >= 11 is 0. The van der Waals surface area contributed by atoms with E-state index in [1.54, 1.807) is 18.3 Å². The first-order chi connectivity index (χ1) is 18.1. The molecule has 2 aromatic carbocycles. The number of benzene rings is 2. The lowest BCUT2D eigenvalue weighted by molar-refractivity contribution is 0.311. The van der Waals surface area contributed by atoms with E-state index in [2.05, 4.69) is 27.6 Å². The molecule has 3 aliphatic rings. The number of hydrogen-bond donors (Lipinski definition) is 4. The normalized spacial score (nSPS) is 21.5. The van der Waals surface area contributed by atoms with Crippen molar-refractivity contribution in [3.63, 3.8) is 0 Å². The standard InChI is InChI=1S/C26H31FN8O2S/c1-33-12-14-34(15-13-33)22-7-6-18(16-20(22)27)26(28)31-24-19(8-10-29-24)25(32-26)30-21-5-3-4-17-9-11-35(23(17)21)38(2,36)37/h3-8,10,16,29,31H,9,11-15,28H2,1-2H3,(H,30,32). The van der Waals surface area contributed by atoms with Gasteiger partial charge in [-0.1, -0.05) is 18.2 Å². The van der Waals surface area contributed by atoms with Gasteiger partial charge in [-0.05, 0) is 43.3 Å². The van der Waals surface area contributed by atoms with Crippen LogP contribution in [-0.4, -0.2) is 70.2 Å². The van der Waals surface area contributed by atoms with Crippen molar-refractivity contribution in [2.45, 2.75) is 12.2 Å². The molecule has 10 nitrogen and oxygen atoms in total. The number of aromatic amines is 1. The number of aliphatic imine (C=N–C) groups is 1. The van der Waals surface area contributed by atoms with Crippen LogP contribution >= 0.6 is 0 Å². The first-order valence-corrected chi connectivity index (χ1v) is 14.4. The number of anilines is 4. The molecule has 5 N–H and O–H groups in total. The maximum absolute atomic E-state index is 15.4. The molecule has 0 bridgehead atoms. The van der Waals surface area contributed by atoms with E-state index in [9.17, 15) is 8.42 Å². The molecule has 0 amide bonds. The lowest BCUT2D eigenvalue weighted by Crippen LogP contribution is -2.47. The first kappa shape index (κ1) is 24.7. The molecule has 12 heteroatoms. The Bertz CT molecular complexity index is 1530. The minimum Gasteiger partial charge on any atom is -0.367 e. The summed E-state index contributed by atoms with van der Waals surface area (Å²) in [5.74, 6) is -0.748. The fourth-order valence-corrected chi connectivity index (χ4v) is 6.36. The first-order valence-electron chi connectivity index (χ1n) is 12.6. The van der Waals surface area contributed by atoms with Crippen molar-refractivity contribution >= 4 is 38.7 Å². The van der Waals surface area contributed by atoms with Crippen LogP contribution in [0.5, 0.6) is 0 Å². The Morgan fingerprint density at radius 2 is 1.89 bits per heavy atom. The highest BCUT2D eigenvalue weighted by Crippen LogP contribution is 2.39. The Morgan fingerprint density at radius 1 is 1.11 bits per heavy atom. The number of likely N-dealkylation sites (N-methyl/N-ethyl adjacent to an activating group) is 1. The molecule has 1 aromatic heterocycles. The van der Waals surface area contributed by atoms with Gasteiger partial charge in [0, 0.05) is 44.5 Å². The van der Waals surface area contributed by atoms with Crippen molar-refractivity contribution in [1.29, 1.82) is 0 Å². The van der Waals surface area contributed by atoms with Crippen LogP contribution in [0.25, 0.3) is 0 Å². The summed E-state index contributed by atoms with van der Waals surface area (Å²) in [6, 6.07) is 12.5. The van der Waals surface area contributed by atoms with Crippen molar-refractivity contribution in [2.24, 2.45) is 10.7 Å². The van der Waals surface area contributed by atoms with Crippen LogP contribution in [0.4, 0.5) is 27.3 Å². The summed E-state index contributed by atoms with van der Waals surface area (Å²) in [5.41, 5.74) is 10.7. The van der Waals surface area contributed by atoms with E-state index in [1.165, 1.54) is 16.6 Å². The Balaban J connectivity index is 1.36. The molecule has 1 atom stereocenters. The molecule has 200 valence electrons. The highest BCUT2D eigenvalue weighted by molar-refractivity contribution is 7.92. The van der Waals surface area contributed by atoms with Gasteiger partial charge in [-0.25, -0.2) is 17.8 Å². The fraction of sp³-hybridized carbons (Fsp3) is 0.346. The maximum Gasteiger partial charge on any atom is 0.232 e. The molecule has 1 unspecified atom stereocenters. The van der Waals surface area contributed by atoms with E-state index in [4.69, 9.17) is 10.7 Å². The van der Waals surface area contributed by atoms with Crippen molar-refractivity contribution < 1.29 is 12.8 Å². The molecule has 1 fully saturated rings. The quantitative estimate of drug-likeness (QED) is 0.402. The number of halogens is 1. The number of H-pyrrole nitrogens is 1. The lowest BCUT2D eigenvalue weighted by Gasteiger charge is -2.35. The van der Waals surface area contributed by atoms with E-state index < -0.39 is 15.8 Å². The Morgan fingerprint density at radius 3 is 2.63 bits per heavy atom. The van der Waals surface area contributed by atoms with Gasteiger partial charge in [0.2, 0.25) is 15.8 Å². The third-order valence-electron chi connectivity index (χ3n) is 7.44. The fourth-order valence-electron chi connectivity index (χ4n) is 5.39. The third-order valence-corrected chi connectivity index (χ3v) is 8.61. The third kappa shape index (κ3) is 4.28. The number of amidine groups is 1. The minimum atomic E-state index is -3.45. The van der Waals surface area contributed by atoms with Gasteiger partial charge in [-0.2, -0.15) is 0 Å². The second-order valence-corrected chi connectivity index (χ2v) is 12.0. The number of fused-ring (bicyclic) bond motifs is 2. The smallest absolute Gasteiger partial charge is 0.232 e. The van der Waals surface area contributed by atoms with Crippen molar-refractivity contribution in [1.82, 2.24) is 9.88 Å². The second-order valence-electron chi connectivity index (χ2n) is 10.1. The van der Waals surface area contributed by atoms with Gasteiger partial charge in [0.05, 0.1) is 28.9 Å². The monoisotopic (exact) mass is 538 g/mol. The molecule has 6 rings (SSSR count). The Hall–Kier alpha value is -3.61. The molecule has 1 saturated heterocycles. The van der Waals surface area contributed by atoms with Gasteiger partial charge < -0.3 is 25.4 Å². The summed E-state index contributed by atoms with van der Waals surface area (Å²) < 4.78 is 41.7. The lowest BCUT2D eigenvalue weighted by atomic mass is 10.0. The number of hydrogen-bond acceptors (Lipinski definition) is 8. The summed E-state index contributed by atoms with van der Waals surface area (Å²) in [5, 5.41) is 6.53. The topological polar surface area (TPSA) is 122 Å². The minimum absolute atomic E-state index is 0.356. The van der Waals surface area contributed by atoms with Crippen LogP contribution in [-0.2, 0) is 22.2 Å². The van der Waals surface area contributed by atoms with Crippen LogP contribution in [0.2, 0.25) is 0 Å². The van der Waals surface area contributed by atoms with Crippen LogP contribution in [0.3, 0.4) is 0 Å². The van der Waals surface area contributed by atoms with Crippen LogP contribution in [0, 0.1) is 5.82 Å². The van der Waals surface area contributed by atoms with Gasteiger partial charge in [-0.3, -0.25) is 10.0 Å². The van der Waals surface area contributed by atoms with E-state index in [-0.39, 0.29) is 5.82 Å². The zero-order valence-electron chi connectivity index (χ0n) is 21.3. The number of piperazine rings is 1. The highest BCUT2D eigenvalue weighted by Gasteiger charge is 2.36. The summed E-state index contributed by atoms with van der Waals surface area (Å²) in [6.45, 7) is 3.64. The zero-order valence-corrected chi connectivity index (χ0v) is 22.1. The van der Waals surface area contributed by atoms with E-state index in [0.29, 0.717) is 47.2 Å². The zero-order chi connectivity index (χ0) is 26.7. The average Bonchev–Trinajstić information content (AvgIpc) is 3.52. The summed E-state index contributed by atoms with van der Waals surface area (Å²) in [7, 11) is -1.39. The largest absolute Gasteiger partial charge is 0.367 e. The van der Waals surface area contributed by atoms with Crippen molar-refractivity contribution in [2.75, 3.05) is 65.9 Å². The van der Waals surface area contributed by atoms with E-state index >= 15 is 4.39 Å². The molecule has 0 radical (unpaired) electrons. The van der Waals surface area contributed by atoms with Gasteiger partial charge in [0.1, 0.15) is 17.5 Å². The Labute approximate surface area is 221 Å². The molecule has 3 aliphatic heterocycles. The Kier molecular flexibility index (Phi) is 5.85. The second kappa shape index (κ2) is 9.00. The number of sulfonamides is 1. The molecule has 0 aliphatic carbocycles. The highest BCUT2D eigenvalue weighted by atomic mass is 32.2. The number of rotatable bonds is 4. The van der Waals surface area contributed by atoms with E-state index in [1.807, 2.05) is 29.2 Å². The van der Waals surface area contributed by atoms with Crippen LogP contribution < -0.4 is 25.6 Å². The van der Waals surface area contributed by atoms with Gasteiger partial charge in [-0.15, -0.1) is 0 Å². The maximum atomic E-state index is 15.4.